The van der Waals surface area contributed by atoms with E-state index in [-0.39, 0.29) is 35.8 Å². The molecule has 13 heteroatoms. The summed E-state index contributed by atoms with van der Waals surface area (Å²) in [5, 5.41) is 65.2. The topological polar surface area (TPSA) is 208 Å². The Bertz CT molecular complexity index is 1590. The van der Waals surface area contributed by atoms with Gasteiger partial charge in [-0.3, -0.25) is 9.59 Å². The van der Waals surface area contributed by atoms with Gasteiger partial charge in [0.05, 0.1) is 12.0 Å². The molecule has 2 aliphatic rings. The summed E-state index contributed by atoms with van der Waals surface area (Å²) >= 11 is 0. The number of hydrogen-bond acceptors (Lipinski definition) is 12. The third-order valence-electron chi connectivity index (χ3n) is 8.97. The van der Waals surface area contributed by atoms with Gasteiger partial charge in [0.15, 0.2) is 5.43 Å². The van der Waals surface area contributed by atoms with Crippen LogP contribution in [0.1, 0.15) is 43.1 Å². The van der Waals surface area contributed by atoms with Gasteiger partial charge in [0.1, 0.15) is 65.1 Å². The van der Waals surface area contributed by atoms with Crippen LogP contribution in [-0.4, -0.2) is 91.9 Å². The first-order valence-corrected chi connectivity index (χ1v) is 15.3. The Morgan fingerprint density at radius 1 is 1.11 bits per heavy atom. The Hall–Kier alpha value is -3.56. The fraction of sp³-hybridized carbons (Fsp3) is 0.515. The SMILES string of the molecule is Cc1cc(=O)c2cc3c(cc2o1)O[C@](C)(CC[C@H]1CNC(=O)C1)[C@H](OOC[C@@](O)(Cc1ccc(O)cc1)[C@@H](O)[C@H](O)[C@H](O)CO)C3. The molecule has 1 amide bonds. The first-order valence-electron chi connectivity index (χ1n) is 15.3. The number of hydrogen-bond donors (Lipinski definition) is 7. The van der Waals surface area contributed by atoms with Crippen LogP contribution >= 0.6 is 0 Å². The number of benzene rings is 2. The number of rotatable bonds is 13. The van der Waals surface area contributed by atoms with Crippen molar-refractivity contribution in [2.45, 2.75) is 81.6 Å². The van der Waals surface area contributed by atoms with Crippen LogP contribution in [0.4, 0.5) is 0 Å². The number of ether oxygens (including phenoxy) is 1. The molecule has 3 aromatic rings. The highest BCUT2D eigenvalue weighted by atomic mass is 17.2. The molecular formula is C33H41NO12. The molecule has 13 nitrogen and oxygen atoms in total. The van der Waals surface area contributed by atoms with Crippen molar-refractivity contribution in [1.82, 2.24) is 5.32 Å². The third-order valence-corrected chi connectivity index (χ3v) is 8.97. The number of amides is 1. The molecule has 0 radical (unpaired) electrons. The van der Waals surface area contributed by atoms with Crippen LogP contribution in [0.25, 0.3) is 11.0 Å². The van der Waals surface area contributed by atoms with Crippen molar-refractivity contribution in [2.24, 2.45) is 5.92 Å². The zero-order valence-corrected chi connectivity index (χ0v) is 25.7. The van der Waals surface area contributed by atoms with Crippen molar-refractivity contribution < 1.29 is 54.4 Å². The maximum atomic E-state index is 12.7. The summed E-state index contributed by atoms with van der Waals surface area (Å²) in [5.74, 6) is 1.03. The molecule has 0 aliphatic carbocycles. The fourth-order valence-corrected chi connectivity index (χ4v) is 6.11. The number of phenols is 1. The van der Waals surface area contributed by atoms with E-state index >= 15 is 0 Å². The summed E-state index contributed by atoms with van der Waals surface area (Å²) in [7, 11) is 0. The lowest BCUT2D eigenvalue weighted by atomic mass is 9.83. The monoisotopic (exact) mass is 643 g/mol. The van der Waals surface area contributed by atoms with Crippen LogP contribution in [0.5, 0.6) is 11.5 Å². The zero-order valence-electron chi connectivity index (χ0n) is 25.7. The van der Waals surface area contributed by atoms with Gasteiger partial charge in [-0.15, -0.1) is 0 Å². The van der Waals surface area contributed by atoms with Crippen molar-refractivity contribution in [2.75, 3.05) is 19.8 Å². The zero-order chi connectivity index (χ0) is 33.2. The number of phenolic OH excluding ortho intramolecular Hbond substituents is 1. The van der Waals surface area contributed by atoms with E-state index in [1.165, 1.54) is 30.3 Å². The number of fused-ring (bicyclic) bond motifs is 2. The Kier molecular flexibility index (Phi) is 10.0. The van der Waals surface area contributed by atoms with E-state index in [9.17, 15) is 40.2 Å². The van der Waals surface area contributed by atoms with Crippen LogP contribution in [0.3, 0.4) is 0 Å². The Morgan fingerprint density at radius 2 is 1.85 bits per heavy atom. The van der Waals surface area contributed by atoms with E-state index in [4.69, 9.17) is 18.9 Å². The van der Waals surface area contributed by atoms with Gasteiger partial charge in [-0.05, 0) is 61.9 Å². The quantitative estimate of drug-likeness (QED) is 0.102. The van der Waals surface area contributed by atoms with E-state index in [0.29, 0.717) is 59.4 Å². The molecule has 46 heavy (non-hydrogen) atoms. The molecule has 7 N–H and O–H groups in total. The van der Waals surface area contributed by atoms with Crippen molar-refractivity contribution >= 4 is 16.9 Å². The fourth-order valence-electron chi connectivity index (χ4n) is 6.11. The highest BCUT2D eigenvalue weighted by Crippen LogP contribution is 2.40. The molecule has 250 valence electrons. The lowest BCUT2D eigenvalue weighted by Gasteiger charge is -2.42. The highest BCUT2D eigenvalue weighted by molar-refractivity contribution is 5.80. The minimum absolute atomic E-state index is 0.0153. The average Bonchev–Trinajstić information content (AvgIpc) is 3.44. The molecular weight excluding hydrogens is 602 g/mol. The standard InChI is InChI=1S/C33H41NO12/c1-18-9-24(37)23-11-21-12-28(32(2,45-26(21)13-27(23)44-18)8-7-20-10-29(39)34-15-20)46-43-17-33(42,31(41)30(40)25(38)16-35)14-19-3-5-22(36)6-4-19/h3-6,9,11,13,20,25,28,30-31,35-36,38,40-42H,7-8,10,12,14-17H2,1-2H3,(H,34,39)/t20-,25-,28-,30-,31+,32-,33+/m1/s1. The third kappa shape index (κ3) is 7.36. The van der Waals surface area contributed by atoms with Gasteiger partial charge in [0, 0.05) is 37.9 Å². The Labute approximate surface area is 264 Å². The molecule has 0 unspecified atom stereocenters. The van der Waals surface area contributed by atoms with Gasteiger partial charge >= 0.3 is 0 Å². The van der Waals surface area contributed by atoms with Crippen molar-refractivity contribution in [3.05, 3.63) is 69.6 Å². The summed E-state index contributed by atoms with van der Waals surface area (Å²) in [5.41, 5.74) is -1.93. The van der Waals surface area contributed by atoms with E-state index < -0.39 is 48.8 Å². The van der Waals surface area contributed by atoms with Crippen LogP contribution in [-0.2, 0) is 27.4 Å². The van der Waals surface area contributed by atoms with E-state index in [2.05, 4.69) is 5.32 Å². The predicted octanol–water partition coefficient (Wildman–Crippen LogP) is 0.783. The molecule has 0 saturated carbocycles. The van der Waals surface area contributed by atoms with Crippen LogP contribution in [0.15, 0.2) is 51.7 Å². The van der Waals surface area contributed by atoms with Crippen LogP contribution in [0, 0.1) is 12.8 Å². The average molecular weight is 644 g/mol. The Balaban J connectivity index is 1.40. The molecule has 1 saturated heterocycles. The number of carbonyl (C=O) groups is 1. The van der Waals surface area contributed by atoms with Gasteiger partial charge in [-0.25, -0.2) is 9.78 Å². The second-order valence-corrected chi connectivity index (χ2v) is 12.7. The molecule has 5 rings (SSSR count). The molecule has 0 bridgehead atoms. The normalized spacial score (nSPS) is 24.5. The number of aliphatic hydroxyl groups is 5. The molecule has 1 fully saturated rings. The van der Waals surface area contributed by atoms with Gasteiger partial charge in [0.25, 0.3) is 0 Å². The predicted molar refractivity (Wildman–Crippen MR) is 163 cm³/mol. The molecule has 7 atom stereocenters. The van der Waals surface area contributed by atoms with Gasteiger partial charge in [0.2, 0.25) is 5.91 Å². The first-order chi connectivity index (χ1) is 21.8. The highest BCUT2D eigenvalue weighted by Gasteiger charge is 2.46. The summed E-state index contributed by atoms with van der Waals surface area (Å²) in [4.78, 5) is 36.0. The molecule has 1 aromatic heterocycles. The summed E-state index contributed by atoms with van der Waals surface area (Å²) in [6, 6.07) is 10.6. The van der Waals surface area contributed by atoms with Gasteiger partial charge in [-0.1, -0.05) is 12.1 Å². The summed E-state index contributed by atoms with van der Waals surface area (Å²) in [6.07, 6.45) is -5.02. The Morgan fingerprint density at radius 3 is 2.52 bits per heavy atom. The number of aliphatic hydroxyl groups excluding tert-OH is 4. The maximum absolute atomic E-state index is 12.7. The second kappa shape index (κ2) is 13.7. The van der Waals surface area contributed by atoms with Crippen LogP contribution < -0.4 is 15.5 Å². The largest absolute Gasteiger partial charge is 0.508 e. The minimum Gasteiger partial charge on any atom is -0.508 e. The van der Waals surface area contributed by atoms with Crippen molar-refractivity contribution in [1.29, 1.82) is 0 Å². The smallest absolute Gasteiger partial charge is 0.220 e. The first kappa shape index (κ1) is 33.8. The summed E-state index contributed by atoms with van der Waals surface area (Å²) in [6.45, 7) is 2.53. The van der Waals surface area contributed by atoms with E-state index in [0.717, 1.165) is 0 Å². The molecule has 3 heterocycles. The lowest BCUT2D eigenvalue weighted by Crippen LogP contribution is -2.58. The van der Waals surface area contributed by atoms with Crippen LogP contribution in [0.2, 0.25) is 0 Å². The lowest BCUT2D eigenvalue weighted by molar-refractivity contribution is -0.371. The molecule has 0 spiro atoms. The maximum Gasteiger partial charge on any atom is 0.220 e. The molecule has 2 aliphatic heterocycles. The van der Waals surface area contributed by atoms with Crippen molar-refractivity contribution in [3.8, 4) is 11.5 Å². The number of aryl methyl sites for hydroxylation is 1. The molecule has 2 aromatic carbocycles. The number of aromatic hydroxyl groups is 1. The van der Waals surface area contributed by atoms with E-state index in [1.54, 1.807) is 19.1 Å². The van der Waals surface area contributed by atoms with E-state index in [1.807, 2.05) is 6.92 Å². The number of carbonyl (C=O) groups excluding carboxylic acids is 1. The van der Waals surface area contributed by atoms with Gasteiger partial charge < -0.3 is 45.1 Å². The summed E-state index contributed by atoms with van der Waals surface area (Å²) < 4.78 is 12.3. The van der Waals surface area contributed by atoms with Gasteiger partial charge in [-0.2, -0.15) is 0 Å². The minimum atomic E-state index is -2.22. The second-order valence-electron chi connectivity index (χ2n) is 12.7. The van der Waals surface area contributed by atoms with Crippen molar-refractivity contribution in [3.63, 3.8) is 0 Å². The number of nitrogens with one attached hydrogen (secondary N) is 1.